The fraction of sp³-hybridized carbons (Fsp3) is 0.150. The summed E-state index contributed by atoms with van der Waals surface area (Å²) in [5, 5.41) is 18.1. The predicted molar refractivity (Wildman–Crippen MR) is 112 cm³/mol. The minimum Gasteiger partial charge on any atom is -0.475 e. The molecule has 178 valence electrons. The smallest absolute Gasteiger partial charge is 0.475 e. The van der Waals surface area contributed by atoms with Crippen molar-refractivity contribution in [1.82, 2.24) is 29.4 Å². The summed E-state index contributed by atoms with van der Waals surface area (Å²) in [6, 6.07) is 11.3. The number of carboxylic acids is 1. The van der Waals surface area contributed by atoms with Gasteiger partial charge in [-0.25, -0.2) is 28.0 Å². The van der Waals surface area contributed by atoms with Gasteiger partial charge in [-0.3, -0.25) is 5.10 Å². The molecule has 14 heteroatoms. The Balaban J connectivity index is 0.000000406. The van der Waals surface area contributed by atoms with E-state index in [-0.39, 0.29) is 18.8 Å². The molecule has 1 aromatic carbocycles. The number of benzene rings is 1. The van der Waals surface area contributed by atoms with Gasteiger partial charge in [-0.2, -0.15) is 18.3 Å². The van der Waals surface area contributed by atoms with E-state index in [4.69, 9.17) is 15.6 Å². The van der Waals surface area contributed by atoms with Crippen molar-refractivity contribution in [2.45, 2.75) is 12.7 Å². The molecule has 0 saturated carbocycles. The Hall–Kier alpha value is -4.33. The van der Waals surface area contributed by atoms with E-state index in [2.05, 4.69) is 20.3 Å². The van der Waals surface area contributed by atoms with Crippen LogP contribution in [0.2, 0.25) is 0 Å². The molecule has 0 unspecified atom stereocenters. The highest BCUT2D eigenvalue weighted by Crippen LogP contribution is 2.23. The summed E-state index contributed by atoms with van der Waals surface area (Å²) in [6.07, 6.45) is -1.43. The average molecular weight is 479 g/mol. The summed E-state index contributed by atoms with van der Waals surface area (Å²) in [5.74, 6) is -2.14. The van der Waals surface area contributed by atoms with Crippen LogP contribution >= 0.6 is 0 Å². The highest BCUT2D eigenvalue weighted by atomic mass is 19.4. The molecule has 0 fully saturated rings. The summed E-state index contributed by atoms with van der Waals surface area (Å²) in [6.45, 7) is 0.0491. The zero-order chi connectivity index (χ0) is 24.9. The van der Waals surface area contributed by atoms with Crippen LogP contribution < -0.4 is 11.4 Å². The van der Waals surface area contributed by atoms with E-state index in [9.17, 15) is 22.4 Å². The monoisotopic (exact) mass is 479 g/mol. The van der Waals surface area contributed by atoms with Gasteiger partial charge in [0.15, 0.2) is 11.5 Å². The molecule has 0 bridgehead atoms. The highest BCUT2D eigenvalue weighted by Gasteiger charge is 2.38. The van der Waals surface area contributed by atoms with Crippen molar-refractivity contribution in [1.29, 1.82) is 0 Å². The lowest BCUT2D eigenvalue weighted by Gasteiger charge is -2.03. The maximum atomic E-state index is 12.7. The molecule has 0 radical (unpaired) electrons. The number of hydrogen-bond donors (Lipinski definition) is 3. The number of nitrogens with two attached hydrogens (primary N) is 1. The lowest BCUT2D eigenvalue weighted by atomic mass is 10.1. The van der Waals surface area contributed by atoms with Gasteiger partial charge in [0.25, 0.3) is 0 Å². The van der Waals surface area contributed by atoms with Crippen molar-refractivity contribution >= 4 is 11.6 Å². The van der Waals surface area contributed by atoms with Gasteiger partial charge in [0.05, 0.1) is 12.9 Å². The van der Waals surface area contributed by atoms with E-state index >= 15 is 0 Å². The molecule has 4 aromatic rings. The summed E-state index contributed by atoms with van der Waals surface area (Å²) in [7, 11) is 0. The van der Waals surface area contributed by atoms with Gasteiger partial charge in [-0.15, -0.1) is 5.10 Å². The molecule has 4 rings (SSSR count). The number of H-pyrrole nitrogens is 1. The Labute approximate surface area is 188 Å². The van der Waals surface area contributed by atoms with E-state index < -0.39 is 12.1 Å². The van der Waals surface area contributed by atoms with Crippen LogP contribution in [0.3, 0.4) is 0 Å². The number of carboxylic acid groups (broad SMARTS) is 1. The molecule has 0 saturated heterocycles. The second kappa shape index (κ2) is 10.1. The zero-order valence-electron chi connectivity index (χ0n) is 17.2. The summed E-state index contributed by atoms with van der Waals surface area (Å²) in [5.41, 5.74) is 8.55. The van der Waals surface area contributed by atoms with E-state index in [1.165, 1.54) is 15.4 Å². The Bertz CT molecular complexity index is 1360. The first-order chi connectivity index (χ1) is 16.1. The summed E-state index contributed by atoms with van der Waals surface area (Å²) < 4.78 is 47.1. The Kier molecular flexibility index (Phi) is 7.21. The second-order valence-electron chi connectivity index (χ2n) is 6.76. The molecule has 0 aliphatic carbocycles. The van der Waals surface area contributed by atoms with Crippen molar-refractivity contribution in [3.8, 4) is 22.5 Å². The van der Waals surface area contributed by atoms with Crippen molar-refractivity contribution in [2.24, 2.45) is 5.73 Å². The molecule has 0 aliphatic heterocycles. The Morgan fingerprint density at radius 3 is 2.26 bits per heavy atom. The molecule has 0 atom stereocenters. The van der Waals surface area contributed by atoms with Crippen LogP contribution in [0.15, 0.2) is 65.6 Å². The van der Waals surface area contributed by atoms with Crippen LogP contribution in [0.4, 0.5) is 17.6 Å². The molecule has 3 aromatic heterocycles. The molecule has 3 heterocycles. The van der Waals surface area contributed by atoms with Gasteiger partial charge in [0.1, 0.15) is 6.33 Å². The SMILES string of the molecule is NC/C(=C\F)Cn1nc2ccc(-c3ccc(-c4nc[nH]n4)cc3)cn2c1=O.O=C(O)C(F)(F)F. The number of halogens is 4. The van der Waals surface area contributed by atoms with Gasteiger partial charge in [0.2, 0.25) is 0 Å². The highest BCUT2D eigenvalue weighted by molar-refractivity contribution is 5.73. The number of rotatable bonds is 5. The maximum Gasteiger partial charge on any atom is 0.490 e. The number of pyridine rings is 1. The third-order valence-electron chi connectivity index (χ3n) is 4.48. The Morgan fingerprint density at radius 2 is 1.74 bits per heavy atom. The number of hydrogen-bond acceptors (Lipinski definition) is 6. The van der Waals surface area contributed by atoms with Crippen LogP contribution in [0, 0.1) is 0 Å². The van der Waals surface area contributed by atoms with Gasteiger partial charge < -0.3 is 10.8 Å². The van der Waals surface area contributed by atoms with E-state index in [1.54, 1.807) is 12.3 Å². The maximum absolute atomic E-state index is 12.7. The number of carbonyl (C=O) groups is 1. The molecule has 0 spiro atoms. The van der Waals surface area contributed by atoms with Crippen LogP contribution in [0.25, 0.3) is 28.2 Å². The van der Waals surface area contributed by atoms with E-state index in [1.807, 2.05) is 30.3 Å². The molecule has 0 aliphatic rings. The molecular formula is C20H17F4N7O3. The molecular weight excluding hydrogens is 462 g/mol. The van der Waals surface area contributed by atoms with E-state index in [0.717, 1.165) is 16.7 Å². The van der Waals surface area contributed by atoms with Crippen LogP contribution in [0.1, 0.15) is 0 Å². The predicted octanol–water partition coefficient (Wildman–Crippen LogP) is 2.39. The van der Waals surface area contributed by atoms with Crippen molar-refractivity contribution in [3.05, 3.63) is 71.3 Å². The average Bonchev–Trinajstić information content (AvgIpc) is 3.46. The molecule has 0 amide bonds. The molecule has 10 nitrogen and oxygen atoms in total. The van der Waals surface area contributed by atoms with Crippen molar-refractivity contribution in [2.75, 3.05) is 6.54 Å². The first-order valence-electron chi connectivity index (χ1n) is 9.48. The lowest BCUT2D eigenvalue weighted by molar-refractivity contribution is -0.192. The molecule has 4 N–H and O–H groups in total. The number of nitrogens with one attached hydrogen (secondary N) is 1. The number of fused-ring (bicyclic) bond motifs is 1. The quantitative estimate of drug-likeness (QED) is 0.373. The fourth-order valence-electron chi connectivity index (χ4n) is 2.79. The van der Waals surface area contributed by atoms with Crippen LogP contribution in [-0.4, -0.2) is 53.2 Å². The van der Waals surface area contributed by atoms with Crippen molar-refractivity contribution in [3.63, 3.8) is 0 Å². The summed E-state index contributed by atoms with van der Waals surface area (Å²) >= 11 is 0. The zero-order valence-corrected chi connectivity index (χ0v) is 17.2. The van der Waals surface area contributed by atoms with Crippen LogP contribution in [0.5, 0.6) is 0 Å². The minimum absolute atomic E-state index is 0.0220. The van der Waals surface area contributed by atoms with Crippen LogP contribution in [-0.2, 0) is 11.3 Å². The fourth-order valence-corrected chi connectivity index (χ4v) is 2.79. The number of nitrogens with zero attached hydrogens (tertiary/aromatic N) is 5. The third kappa shape index (κ3) is 5.53. The van der Waals surface area contributed by atoms with Gasteiger partial charge >= 0.3 is 17.8 Å². The molecule has 34 heavy (non-hydrogen) atoms. The minimum atomic E-state index is -5.08. The van der Waals surface area contributed by atoms with Gasteiger partial charge in [-0.1, -0.05) is 24.3 Å². The first-order valence-corrected chi connectivity index (χ1v) is 9.48. The van der Waals surface area contributed by atoms with E-state index in [0.29, 0.717) is 23.4 Å². The lowest BCUT2D eigenvalue weighted by Crippen LogP contribution is -2.23. The largest absolute Gasteiger partial charge is 0.490 e. The Morgan fingerprint density at radius 1 is 1.12 bits per heavy atom. The number of aromatic amines is 1. The second-order valence-corrected chi connectivity index (χ2v) is 6.76. The first kappa shape index (κ1) is 24.3. The number of alkyl halides is 3. The number of aliphatic carboxylic acids is 1. The third-order valence-corrected chi connectivity index (χ3v) is 4.48. The van der Waals surface area contributed by atoms with Gasteiger partial charge in [-0.05, 0) is 28.8 Å². The summed E-state index contributed by atoms with van der Waals surface area (Å²) in [4.78, 5) is 25.6. The number of aromatic nitrogens is 6. The van der Waals surface area contributed by atoms with Crippen molar-refractivity contribution < 1.29 is 27.5 Å². The standard InChI is InChI=1S/C18H16FN7O.C2HF3O2/c19-7-12(8-20)9-26-18(27)25-10-15(5-6-16(25)24-26)13-1-3-14(4-2-13)17-21-11-22-23-17;3-2(4,5)1(6)7/h1-7,10-11H,8-9,20H2,(H,21,22,23);(H,6,7)/b12-7+;. The van der Waals surface area contributed by atoms with Gasteiger partial charge in [0, 0.05) is 18.3 Å². The topological polar surface area (TPSA) is 144 Å². The normalized spacial score (nSPS) is 11.9.